The van der Waals surface area contributed by atoms with E-state index < -0.39 is 22.8 Å². The number of nitrogens with zero attached hydrogens (tertiary/aromatic N) is 5. The first kappa shape index (κ1) is 28.7. The SMILES string of the molecule is [C-]#[N+]c1c(-c2ccc(F)cc2)c(=O)c(C(=O)Cc2ccc(-c3cc(-c4cnn(CC)c4)cnc3N)c(F)c2)cn1C1CCC1. The van der Waals surface area contributed by atoms with Crippen LogP contribution in [0.3, 0.4) is 0 Å². The molecule has 44 heavy (non-hydrogen) atoms. The Morgan fingerprint density at radius 1 is 1.02 bits per heavy atom. The first-order valence-electron chi connectivity index (χ1n) is 14.3. The Bertz CT molecular complexity index is 2000. The van der Waals surface area contributed by atoms with Gasteiger partial charge in [0.05, 0.1) is 24.0 Å². The van der Waals surface area contributed by atoms with Crippen LogP contribution in [0, 0.1) is 18.2 Å². The summed E-state index contributed by atoms with van der Waals surface area (Å²) in [4.78, 5) is 35.2. The molecule has 1 aliphatic carbocycles. The molecule has 3 heterocycles. The fraction of sp³-hybridized carbons (Fsp3) is 0.206. The van der Waals surface area contributed by atoms with Gasteiger partial charge < -0.3 is 10.6 Å². The fourth-order valence-corrected chi connectivity index (χ4v) is 5.46. The van der Waals surface area contributed by atoms with Gasteiger partial charge in [0.25, 0.3) is 0 Å². The number of benzene rings is 2. The van der Waals surface area contributed by atoms with Crippen LogP contribution in [-0.4, -0.2) is 25.1 Å². The molecule has 1 fully saturated rings. The number of anilines is 1. The van der Waals surface area contributed by atoms with E-state index in [0.717, 1.165) is 30.4 Å². The predicted octanol–water partition coefficient (Wildman–Crippen LogP) is 7.02. The number of nitrogens with two attached hydrogens (primary N) is 1. The van der Waals surface area contributed by atoms with Gasteiger partial charge in [0.1, 0.15) is 23.0 Å². The first-order valence-corrected chi connectivity index (χ1v) is 14.3. The van der Waals surface area contributed by atoms with Crippen LogP contribution in [0.2, 0.25) is 0 Å². The Kier molecular flexibility index (Phi) is 7.62. The van der Waals surface area contributed by atoms with E-state index in [1.807, 2.05) is 13.1 Å². The van der Waals surface area contributed by atoms with E-state index in [4.69, 9.17) is 12.3 Å². The summed E-state index contributed by atoms with van der Waals surface area (Å²) in [5.74, 6) is -1.30. The van der Waals surface area contributed by atoms with Gasteiger partial charge in [-0.3, -0.25) is 18.8 Å². The van der Waals surface area contributed by atoms with Gasteiger partial charge in [-0.1, -0.05) is 30.8 Å². The summed E-state index contributed by atoms with van der Waals surface area (Å²) in [6, 6.07) is 11.4. The molecule has 0 aliphatic heterocycles. The van der Waals surface area contributed by atoms with Crippen molar-refractivity contribution in [2.75, 3.05) is 5.73 Å². The van der Waals surface area contributed by atoms with Crippen LogP contribution in [-0.2, 0) is 13.0 Å². The minimum Gasteiger partial charge on any atom is -0.383 e. The summed E-state index contributed by atoms with van der Waals surface area (Å²) in [6.45, 7) is 10.5. The molecule has 2 aromatic carbocycles. The van der Waals surface area contributed by atoms with Gasteiger partial charge in [-0.25, -0.2) is 13.8 Å². The van der Waals surface area contributed by atoms with Crippen molar-refractivity contribution >= 4 is 17.4 Å². The molecular weight excluding hydrogens is 562 g/mol. The standard InChI is InChI=1S/C34H28F2N6O2/c1-3-41-18-23(17-40-41)22-15-27(33(37)39-16-22)26-12-7-20(13-29(26)36)14-30(43)28-19-42(25-5-4-6-25)34(38-2)31(32(28)44)21-8-10-24(35)11-9-21/h7-13,15-19,25H,3-6,14H2,1H3,(H2,37,39). The highest BCUT2D eigenvalue weighted by Crippen LogP contribution is 2.39. The zero-order valence-electron chi connectivity index (χ0n) is 23.9. The Hall–Kier alpha value is -5.43. The van der Waals surface area contributed by atoms with Crippen LogP contribution in [0.5, 0.6) is 0 Å². The summed E-state index contributed by atoms with van der Waals surface area (Å²) < 4.78 is 32.7. The molecule has 6 rings (SSSR count). The Labute approximate surface area is 252 Å². The van der Waals surface area contributed by atoms with Crippen LogP contribution < -0.4 is 11.2 Å². The van der Waals surface area contributed by atoms with Crippen molar-refractivity contribution in [3.8, 4) is 33.4 Å². The predicted molar refractivity (Wildman–Crippen MR) is 164 cm³/mol. The number of carbonyl (C=O) groups excluding carboxylic acids is 1. The highest BCUT2D eigenvalue weighted by atomic mass is 19.1. The highest BCUT2D eigenvalue weighted by Gasteiger charge is 2.29. The van der Waals surface area contributed by atoms with Crippen LogP contribution in [0.25, 0.3) is 38.2 Å². The van der Waals surface area contributed by atoms with E-state index in [2.05, 4.69) is 14.9 Å². The number of pyridine rings is 2. The maximum atomic E-state index is 15.5. The van der Waals surface area contributed by atoms with E-state index in [9.17, 15) is 14.0 Å². The smallest absolute Gasteiger partial charge is 0.242 e. The average Bonchev–Trinajstić information content (AvgIpc) is 3.47. The number of Topliss-reactive ketones (excluding diaryl/α,β-unsaturated/α-hetero) is 1. The van der Waals surface area contributed by atoms with Gasteiger partial charge in [-0.05, 0) is 61.6 Å². The summed E-state index contributed by atoms with van der Waals surface area (Å²) in [7, 11) is 0. The number of aryl methyl sites for hydroxylation is 1. The van der Waals surface area contributed by atoms with Crippen LogP contribution in [0.4, 0.5) is 20.4 Å². The average molecular weight is 591 g/mol. The lowest BCUT2D eigenvalue weighted by molar-refractivity contribution is 0.0991. The lowest BCUT2D eigenvalue weighted by Gasteiger charge is -2.28. The van der Waals surface area contributed by atoms with Crippen molar-refractivity contribution in [1.29, 1.82) is 0 Å². The summed E-state index contributed by atoms with van der Waals surface area (Å²) in [5.41, 5.74) is 8.40. The van der Waals surface area contributed by atoms with Crippen molar-refractivity contribution in [3.05, 3.63) is 118 Å². The molecule has 1 aliphatic rings. The lowest BCUT2D eigenvalue weighted by Crippen LogP contribution is -2.25. The van der Waals surface area contributed by atoms with Gasteiger partial charge >= 0.3 is 0 Å². The van der Waals surface area contributed by atoms with Crippen LogP contribution in [0.15, 0.2) is 78.1 Å². The molecule has 0 spiro atoms. The van der Waals surface area contributed by atoms with Crippen LogP contribution in [0.1, 0.15) is 48.1 Å². The Morgan fingerprint density at radius 3 is 2.43 bits per heavy atom. The third-order valence-corrected chi connectivity index (χ3v) is 8.11. The van der Waals surface area contributed by atoms with Gasteiger partial charge in [-0.2, -0.15) is 5.10 Å². The van der Waals surface area contributed by atoms with E-state index in [1.165, 1.54) is 36.5 Å². The number of halogens is 2. The topological polar surface area (TPSA) is 100 Å². The Morgan fingerprint density at radius 2 is 1.80 bits per heavy atom. The molecule has 10 heteroatoms. The third-order valence-electron chi connectivity index (χ3n) is 8.11. The molecule has 0 unspecified atom stereocenters. The molecule has 3 aromatic heterocycles. The van der Waals surface area contributed by atoms with E-state index >= 15 is 4.39 Å². The minimum atomic E-state index is -0.609. The Balaban J connectivity index is 1.34. The third kappa shape index (κ3) is 5.28. The first-order chi connectivity index (χ1) is 21.3. The maximum Gasteiger partial charge on any atom is 0.242 e. The number of hydrogen-bond donors (Lipinski definition) is 1. The van der Waals surface area contributed by atoms with Crippen LogP contribution >= 0.6 is 0 Å². The number of carbonyl (C=O) groups is 1. The van der Waals surface area contributed by atoms with E-state index in [1.54, 1.807) is 39.8 Å². The largest absolute Gasteiger partial charge is 0.383 e. The van der Waals surface area contributed by atoms with Crippen molar-refractivity contribution in [3.63, 3.8) is 0 Å². The van der Waals surface area contributed by atoms with Gasteiger partial charge in [-0.15, -0.1) is 0 Å². The molecule has 0 radical (unpaired) electrons. The molecule has 0 bridgehead atoms. The van der Waals surface area contributed by atoms with E-state index in [0.29, 0.717) is 23.2 Å². The van der Waals surface area contributed by atoms with Crippen molar-refractivity contribution in [1.82, 2.24) is 19.3 Å². The fourth-order valence-electron chi connectivity index (χ4n) is 5.46. The molecule has 5 aromatic rings. The maximum absolute atomic E-state index is 15.5. The molecule has 0 saturated heterocycles. The van der Waals surface area contributed by atoms with Gasteiger partial charge in [0.2, 0.25) is 5.82 Å². The lowest BCUT2D eigenvalue weighted by atomic mass is 9.91. The zero-order chi connectivity index (χ0) is 31.0. The molecule has 220 valence electrons. The molecule has 2 N–H and O–H groups in total. The second-order valence-electron chi connectivity index (χ2n) is 10.8. The highest BCUT2D eigenvalue weighted by molar-refractivity contribution is 5.99. The monoisotopic (exact) mass is 590 g/mol. The van der Waals surface area contributed by atoms with E-state index in [-0.39, 0.29) is 40.8 Å². The summed E-state index contributed by atoms with van der Waals surface area (Å²) >= 11 is 0. The molecule has 8 nitrogen and oxygen atoms in total. The van der Waals surface area contributed by atoms with Gasteiger partial charge in [0, 0.05) is 47.6 Å². The molecule has 1 saturated carbocycles. The number of rotatable bonds is 8. The number of aromatic nitrogens is 4. The number of ketones is 1. The van der Waals surface area contributed by atoms with Crippen molar-refractivity contribution in [2.24, 2.45) is 0 Å². The second kappa shape index (κ2) is 11.7. The normalized spacial score (nSPS) is 13.0. The summed E-state index contributed by atoms with van der Waals surface area (Å²) in [6.07, 6.45) is 9.00. The van der Waals surface area contributed by atoms with Gasteiger partial charge in [0.15, 0.2) is 11.2 Å². The van der Waals surface area contributed by atoms with Crippen molar-refractivity contribution in [2.45, 2.75) is 45.2 Å². The molecule has 0 atom stereocenters. The molecular formula is C34H28F2N6O2. The second-order valence-corrected chi connectivity index (χ2v) is 10.8. The minimum absolute atomic E-state index is 0.0201. The van der Waals surface area contributed by atoms with Crippen molar-refractivity contribution < 1.29 is 13.6 Å². The quantitative estimate of drug-likeness (QED) is 0.155. The number of hydrogen-bond acceptors (Lipinski definition) is 5. The summed E-state index contributed by atoms with van der Waals surface area (Å²) in [5, 5.41) is 4.28. The zero-order valence-corrected chi connectivity index (χ0v) is 23.9. The molecule has 0 amide bonds. The number of nitrogen functional groups attached to an aromatic ring is 1.